The first-order valence-corrected chi connectivity index (χ1v) is 13.3. The molecule has 1 heterocycles. The Balaban J connectivity index is 1.80. The fourth-order valence-corrected chi connectivity index (χ4v) is 5.53. The minimum Gasteiger partial charge on any atom is -0.436 e. The Hall–Kier alpha value is -3.69. The van der Waals surface area contributed by atoms with Gasteiger partial charge < -0.3 is 25.4 Å². The van der Waals surface area contributed by atoms with Gasteiger partial charge in [0.25, 0.3) is 5.91 Å². The van der Waals surface area contributed by atoms with Crippen LogP contribution < -0.4 is 10.6 Å². The summed E-state index contributed by atoms with van der Waals surface area (Å²) in [5.74, 6) is 0.693. The Labute approximate surface area is 234 Å². The highest BCUT2D eigenvalue weighted by Crippen LogP contribution is 2.40. The maximum atomic E-state index is 13.5. The molecule has 3 atom stereocenters. The van der Waals surface area contributed by atoms with Gasteiger partial charge in [0, 0.05) is 11.3 Å². The van der Waals surface area contributed by atoms with Crippen molar-refractivity contribution in [2.24, 2.45) is 0 Å². The second kappa shape index (κ2) is 13.1. The maximum absolute atomic E-state index is 13.5. The van der Waals surface area contributed by atoms with Gasteiger partial charge in [0.15, 0.2) is 12.7 Å². The number of nitrogens with zero attached hydrogens (tertiary/aromatic N) is 1. The van der Waals surface area contributed by atoms with E-state index in [0.717, 1.165) is 6.07 Å². The first-order chi connectivity index (χ1) is 18.8. The zero-order chi connectivity index (χ0) is 29.5. The van der Waals surface area contributed by atoms with Gasteiger partial charge in [-0.05, 0) is 37.5 Å². The third-order valence-electron chi connectivity index (χ3n) is 6.38. The molecule has 12 heteroatoms. The molecule has 0 aliphatic carbocycles. The van der Waals surface area contributed by atoms with Gasteiger partial charge in [-0.15, -0.1) is 18.2 Å². The molecular weight excluding hydrogens is 547 g/mol. The lowest BCUT2D eigenvalue weighted by Crippen LogP contribution is -2.58. The molecule has 1 aliphatic rings. The Bertz CT molecular complexity index is 1250. The lowest BCUT2D eigenvalue weighted by Gasteiger charge is -2.33. The van der Waals surface area contributed by atoms with Crippen molar-refractivity contribution in [1.29, 1.82) is 0 Å². The highest BCUT2D eigenvalue weighted by Gasteiger charge is 2.50. The summed E-state index contributed by atoms with van der Waals surface area (Å²) < 4.78 is 44.2. The number of rotatable bonds is 9. The summed E-state index contributed by atoms with van der Waals surface area (Å²) in [6.07, 6.45) is -2.11. The molecule has 3 N–H and O–H groups in total. The molecule has 0 radical (unpaired) electrons. The average Bonchev–Trinajstić information content (AvgIpc) is 3.24. The zero-order valence-corrected chi connectivity index (χ0v) is 22.7. The molecule has 2 aromatic carbocycles. The summed E-state index contributed by atoms with van der Waals surface area (Å²) in [4.78, 5) is 40.2. The predicted molar refractivity (Wildman–Crippen MR) is 144 cm³/mol. The molecule has 214 valence electrons. The van der Waals surface area contributed by atoms with Crippen molar-refractivity contribution in [3.8, 4) is 12.3 Å². The van der Waals surface area contributed by atoms with Crippen LogP contribution in [0.15, 0.2) is 54.6 Å². The van der Waals surface area contributed by atoms with E-state index >= 15 is 0 Å². The molecule has 0 aromatic heterocycles. The number of hydrogen-bond donors (Lipinski definition) is 3. The van der Waals surface area contributed by atoms with E-state index in [9.17, 15) is 32.7 Å². The van der Waals surface area contributed by atoms with Gasteiger partial charge in [-0.2, -0.15) is 13.2 Å². The number of ether oxygens (including phenoxy) is 1. The minimum atomic E-state index is -4.60. The standard InChI is InChI=1S/C28H30F3N3O5S/c1-4-14-39-26(38)33-21(15-18-10-6-5-7-11-18)22(35)25(37)34-17-40-27(2,3)23(34)24(36)32-16-19-12-8-9-13-20(19)28(29,30)31/h1,5-13,21-23,35H,14-17H2,2-3H3,(H,32,36)(H,33,38). The Morgan fingerprint density at radius 3 is 2.48 bits per heavy atom. The summed E-state index contributed by atoms with van der Waals surface area (Å²) in [5.41, 5.74) is -0.280. The predicted octanol–water partition coefficient (Wildman–Crippen LogP) is 3.33. The quantitative estimate of drug-likeness (QED) is 0.395. The van der Waals surface area contributed by atoms with E-state index in [1.165, 1.54) is 34.9 Å². The van der Waals surface area contributed by atoms with Crippen molar-refractivity contribution < 1.29 is 37.4 Å². The number of thioether (sulfide) groups is 1. The number of terminal acetylenes is 1. The maximum Gasteiger partial charge on any atom is 0.416 e. The number of alkyl carbamates (subject to hydrolysis) is 1. The summed E-state index contributed by atoms with van der Waals surface area (Å²) in [6.45, 7) is 2.73. The fourth-order valence-electron chi connectivity index (χ4n) is 4.39. The highest BCUT2D eigenvalue weighted by atomic mass is 32.2. The van der Waals surface area contributed by atoms with E-state index in [0.29, 0.717) is 5.56 Å². The molecule has 1 saturated heterocycles. The summed E-state index contributed by atoms with van der Waals surface area (Å²) in [6, 6.07) is 11.5. The van der Waals surface area contributed by atoms with Gasteiger partial charge in [0.05, 0.1) is 17.5 Å². The van der Waals surface area contributed by atoms with Crippen LogP contribution >= 0.6 is 11.8 Å². The molecule has 3 unspecified atom stereocenters. The Morgan fingerprint density at radius 1 is 1.18 bits per heavy atom. The summed E-state index contributed by atoms with van der Waals surface area (Å²) >= 11 is 1.28. The van der Waals surface area contributed by atoms with Crippen molar-refractivity contribution in [3.63, 3.8) is 0 Å². The monoisotopic (exact) mass is 577 g/mol. The molecule has 2 aromatic rings. The first kappa shape index (κ1) is 30.8. The number of aliphatic hydroxyl groups excluding tert-OH is 1. The van der Waals surface area contributed by atoms with E-state index < -0.39 is 59.1 Å². The van der Waals surface area contributed by atoms with Crippen LogP contribution in [0.4, 0.5) is 18.0 Å². The van der Waals surface area contributed by atoms with Crippen LogP contribution in [0.3, 0.4) is 0 Å². The smallest absolute Gasteiger partial charge is 0.416 e. The number of benzene rings is 2. The number of halogens is 3. The number of carbonyl (C=O) groups is 3. The molecular formula is C28H30F3N3O5S. The van der Waals surface area contributed by atoms with Crippen molar-refractivity contribution in [2.45, 2.75) is 55.9 Å². The van der Waals surface area contributed by atoms with Gasteiger partial charge in [-0.25, -0.2) is 4.79 Å². The number of aliphatic hydroxyl groups is 1. The molecule has 3 rings (SSSR count). The minimum absolute atomic E-state index is 0.0414. The third-order valence-corrected chi connectivity index (χ3v) is 7.75. The van der Waals surface area contributed by atoms with Crippen LogP contribution in [-0.4, -0.2) is 63.3 Å². The molecule has 0 bridgehead atoms. The van der Waals surface area contributed by atoms with Crippen LogP contribution in [0.1, 0.15) is 30.5 Å². The molecule has 1 fully saturated rings. The first-order valence-electron chi connectivity index (χ1n) is 12.3. The summed E-state index contributed by atoms with van der Waals surface area (Å²) in [5, 5.41) is 16.1. The van der Waals surface area contributed by atoms with E-state index in [1.54, 1.807) is 44.2 Å². The number of carbonyl (C=O) groups excluding carboxylic acids is 3. The Morgan fingerprint density at radius 2 is 1.82 bits per heavy atom. The van der Waals surface area contributed by atoms with Crippen molar-refractivity contribution in [3.05, 3.63) is 71.3 Å². The molecule has 3 amide bonds. The topological polar surface area (TPSA) is 108 Å². The van der Waals surface area contributed by atoms with Crippen LogP contribution in [0, 0.1) is 12.3 Å². The lowest BCUT2D eigenvalue weighted by atomic mass is 9.97. The summed E-state index contributed by atoms with van der Waals surface area (Å²) in [7, 11) is 0. The van der Waals surface area contributed by atoms with Crippen LogP contribution in [-0.2, 0) is 33.5 Å². The van der Waals surface area contributed by atoms with Crippen LogP contribution in [0.25, 0.3) is 0 Å². The van der Waals surface area contributed by atoms with Gasteiger partial charge in [0.2, 0.25) is 5.91 Å². The molecule has 0 spiro atoms. The number of alkyl halides is 3. The molecule has 1 aliphatic heterocycles. The second-order valence-electron chi connectivity index (χ2n) is 9.63. The van der Waals surface area contributed by atoms with Gasteiger partial charge >= 0.3 is 12.3 Å². The van der Waals surface area contributed by atoms with Crippen LogP contribution in [0.2, 0.25) is 0 Å². The second-order valence-corrected chi connectivity index (χ2v) is 11.2. The van der Waals surface area contributed by atoms with E-state index in [1.807, 2.05) is 0 Å². The van der Waals surface area contributed by atoms with E-state index in [4.69, 9.17) is 11.2 Å². The molecule has 8 nitrogen and oxygen atoms in total. The van der Waals surface area contributed by atoms with Gasteiger partial charge in [-0.1, -0.05) is 54.5 Å². The normalized spacial score (nSPS) is 17.8. The SMILES string of the molecule is C#CCOC(=O)NC(Cc1ccccc1)C(O)C(=O)N1CSC(C)(C)C1C(=O)NCc1ccccc1C(F)(F)F. The van der Waals surface area contributed by atoms with Gasteiger partial charge in [0.1, 0.15) is 6.04 Å². The third kappa shape index (κ3) is 7.70. The largest absolute Gasteiger partial charge is 0.436 e. The van der Waals surface area contributed by atoms with Gasteiger partial charge in [-0.3, -0.25) is 9.59 Å². The zero-order valence-electron chi connectivity index (χ0n) is 21.9. The number of amides is 3. The van der Waals surface area contributed by atoms with Crippen molar-refractivity contribution >= 4 is 29.7 Å². The molecule has 0 saturated carbocycles. The molecule has 40 heavy (non-hydrogen) atoms. The van der Waals surface area contributed by atoms with Crippen LogP contribution in [0.5, 0.6) is 0 Å². The average molecular weight is 578 g/mol. The lowest BCUT2D eigenvalue weighted by molar-refractivity contribution is -0.147. The number of hydrogen-bond acceptors (Lipinski definition) is 6. The van der Waals surface area contributed by atoms with Crippen molar-refractivity contribution in [1.82, 2.24) is 15.5 Å². The Kier molecular flexibility index (Phi) is 10.1. The van der Waals surface area contributed by atoms with E-state index in [-0.39, 0.29) is 24.5 Å². The van der Waals surface area contributed by atoms with Crippen molar-refractivity contribution in [2.75, 3.05) is 12.5 Å². The fraction of sp³-hybridized carbons (Fsp3) is 0.393. The number of nitrogens with one attached hydrogen (secondary N) is 2. The highest BCUT2D eigenvalue weighted by molar-refractivity contribution is 8.00. The van der Waals surface area contributed by atoms with E-state index in [2.05, 4.69) is 16.6 Å².